The van der Waals surface area contributed by atoms with Gasteiger partial charge < -0.3 is 19.6 Å². The lowest BCUT2D eigenvalue weighted by Gasteiger charge is -2.26. The number of halogens is 3. The first kappa shape index (κ1) is 19.0. The van der Waals surface area contributed by atoms with Gasteiger partial charge in [-0.25, -0.2) is 0 Å². The molecule has 0 bridgehead atoms. The number of hydrogen-bond donors (Lipinski definition) is 2. The third-order valence-electron chi connectivity index (χ3n) is 3.78. The smallest absolute Gasteiger partial charge is 0.472 e. The highest BCUT2D eigenvalue weighted by atomic mass is 32.1. The first-order valence-electron chi connectivity index (χ1n) is 7.71. The molecule has 1 atom stereocenters. The molecular weight excluding hydrogens is 383 g/mol. The van der Waals surface area contributed by atoms with E-state index < -0.39 is 23.6 Å². The Morgan fingerprint density at radius 3 is 2.48 bits per heavy atom. The second-order valence-electron chi connectivity index (χ2n) is 5.60. The van der Waals surface area contributed by atoms with Gasteiger partial charge in [-0.1, -0.05) is 6.07 Å². The second-order valence-corrected chi connectivity index (χ2v) is 6.55. The number of hydrogen-bond acceptors (Lipinski definition) is 5. The summed E-state index contributed by atoms with van der Waals surface area (Å²) in [6.07, 6.45) is -2.00. The molecule has 1 amide bonds. The third-order valence-corrected chi connectivity index (χ3v) is 4.80. The average Bonchev–Trinajstić information content (AvgIpc) is 3.32. The summed E-state index contributed by atoms with van der Waals surface area (Å²) in [7, 11) is 0. The molecule has 0 spiro atoms. The topological polar surface area (TPSA) is 71.7 Å². The summed E-state index contributed by atoms with van der Waals surface area (Å²) >= 11 is 1.32. The highest BCUT2D eigenvalue weighted by Gasteiger charge is 2.34. The predicted molar refractivity (Wildman–Crippen MR) is 91.5 cm³/mol. The molecule has 0 unspecified atom stereocenters. The van der Waals surface area contributed by atoms with Gasteiger partial charge in [0, 0.05) is 16.0 Å². The van der Waals surface area contributed by atoms with Crippen molar-refractivity contribution in [3.05, 3.63) is 76.4 Å². The number of aliphatic hydroxyl groups is 1. The van der Waals surface area contributed by atoms with Gasteiger partial charge in [-0.05, 0) is 41.8 Å². The number of carbonyl (C=O) groups is 1. The zero-order valence-electron chi connectivity index (χ0n) is 13.7. The first-order valence-corrected chi connectivity index (χ1v) is 8.59. The minimum absolute atomic E-state index is 0.130. The van der Waals surface area contributed by atoms with Crippen LogP contribution in [0, 0.1) is 0 Å². The van der Waals surface area contributed by atoms with Crippen LogP contribution in [0.15, 0.2) is 64.8 Å². The van der Waals surface area contributed by atoms with Crippen LogP contribution in [-0.2, 0) is 5.60 Å². The highest BCUT2D eigenvalue weighted by molar-refractivity contribution is 7.10. The molecule has 142 valence electrons. The lowest BCUT2D eigenvalue weighted by molar-refractivity contribution is -0.274. The molecule has 0 radical (unpaired) electrons. The van der Waals surface area contributed by atoms with Gasteiger partial charge in [0.15, 0.2) is 0 Å². The van der Waals surface area contributed by atoms with E-state index in [0.29, 0.717) is 10.4 Å². The summed E-state index contributed by atoms with van der Waals surface area (Å²) in [4.78, 5) is 12.9. The SMILES string of the molecule is O=C(NC[C@](O)(c1ccoc1)c1cccs1)c1ccc(OC(F)(F)F)cc1. The largest absolute Gasteiger partial charge is 0.573 e. The number of ether oxygens (including phenoxy) is 1. The molecule has 0 aliphatic carbocycles. The van der Waals surface area contributed by atoms with Gasteiger partial charge in [0.1, 0.15) is 11.4 Å². The Bertz CT molecular complexity index is 840. The Kier molecular flexibility index (Phi) is 5.24. The first-order chi connectivity index (χ1) is 12.8. The molecule has 9 heteroatoms. The van der Waals surface area contributed by atoms with Crippen molar-refractivity contribution in [2.75, 3.05) is 6.54 Å². The Balaban J connectivity index is 1.72. The molecule has 27 heavy (non-hydrogen) atoms. The van der Waals surface area contributed by atoms with Crippen LogP contribution in [0.4, 0.5) is 13.2 Å². The number of benzene rings is 1. The van der Waals surface area contributed by atoms with Crippen molar-refractivity contribution in [3.63, 3.8) is 0 Å². The van der Waals surface area contributed by atoms with E-state index in [9.17, 15) is 23.1 Å². The molecule has 1 aromatic carbocycles. The quantitative estimate of drug-likeness (QED) is 0.662. The van der Waals surface area contributed by atoms with E-state index >= 15 is 0 Å². The summed E-state index contributed by atoms with van der Waals surface area (Å²) < 4.78 is 45.4. The summed E-state index contributed by atoms with van der Waals surface area (Å²) in [6, 6.07) is 9.60. The fraction of sp³-hybridized carbons (Fsp3) is 0.167. The number of carbonyl (C=O) groups excluding carboxylic acids is 1. The van der Waals surface area contributed by atoms with Crippen molar-refractivity contribution in [2.45, 2.75) is 12.0 Å². The fourth-order valence-electron chi connectivity index (χ4n) is 2.46. The summed E-state index contributed by atoms with van der Waals surface area (Å²) in [6.45, 7) is -0.146. The summed E-state index contributed by atoms with van der Waals surface area (Å²) in [5.41, 5.74) is -0.889. The summed E-state index contributed by atoms with van der Waals surface area (Å²) in [5, 5.41) is 15.5. The maximum absolute atomic E-state index is 12.3. The van der Waals surface area contributed by atoms with E-state index in [1.54, 1.807) is 23.6 Å². The molecule has 0 saturated carbocycles. The zero-order chi connectivity index (χ0) is 19.5. The highest BCUT2D eigenvalue weighted by Crippen LogP contribution is 2.32. The van der Waals surface area contributed by atoms with Crippen molar-refractivity contribution in [1.82, 2.24) is 5.32 Å². The standard InChI is InChI=1S/C18H14F3NO4S/c19-18(20,21)26-14-5-3-12(4-6-14)16(23)22-11-17(24,13-7-8-25-10-13)15-2-1-9-27-15/h1-10,24H,11H2,(H,22,23)/t17-/m0/s1. The van der Waals surface area contributed by atoms with E-state index in [-0.39, 0.29) is 12.1 Å². The lowest BCUT2D eigenvalue weighted by atomic mass is 9.94. The van der Waals surface area contributed by atoms with Gasteiger partial charge in [0.05, 0.1) is 19.1 Å². The van der Waals surface area contributed by atoms with Gasteiger partial charge in [-0.2, -0.15) is 0 Å². The number of furan rings is 1. The van der Waals surface area contributed by atoms with Gasteiger partial charge in [-0.3, -0.25) is 4.79 Å². The Morgan fingerprint density at radius 1 is 1.19 bits per heavy atom. The minimum Gasteiger partial charge on any atom is -0.472 e. The normalized spacial score (nSPS) is 13.8. The Hall–Kier alpha value is -2.78. The van der Waals surface area contributed by atoms with Crippen molar-refractivity contribution in [2.24, 2.45) is 0 Å². The van der Waals surface area contributed by atoms with Crippen molar-refractivity contribution in [3.8, 4) is 5.75 Å². The maximum atomic E-state index is 12.3. The van der Waals surface area contributed by atoms with Crippen LogP contribution in [0.25, 0.3) is 0 Å². The monoisotopic (exact) mass is 397 g/mol. The van der Waals surface area contributed by atoms with Crippen LogP contribution in [-0.4, -0.2) is 23.9 Å². The van der Waals surface area contributed by atoms with Crippen molar-refractivity contribution < 1.29 is 32.2 Å². The molecule has 0 aliphatic rings. The van der Waals surface area contributed by atoms with E-state index in [1.165, 1.54) is 36.0 Å². The number of thiophene rings is 1. The molecule has 2 heterocycles. The molecule has 3 rings (SSSR count). The van der Waals surface area contributed by atoms with Crippen LogP contribution < -0.4 is 10.1 Å². The van der Waals surface area contributed by atoms with Gasteiger partial charge in [-0.15, -0.1) is 24.5 Å². The third kappa shape index (κ3) is 4.50. The van der Waals surface area contributed by atoms with Crippen molar-refractivity contribution >= 4 is 17.2 Å². The predicted octanol–water partition coefficient (Wildman–Crippen LogP) is 3.91. The van der Waals surface area contributed by atoms with Gasteiger partial charge in [0.25, 0.3) is 5.91 Å². The van der Waals surface area contributed by atoms with Gasteiger partial charge in [0.2, 0.25) is 0 Å². The molecular formula is C18H14F3NO4S. The van der Waals surface area contributed by atoms with Crippen LogP contribution >= 0.6 is 11.3 Å². The zero-order valence-corrected chi connectivity index (χ0v) is 14.5. The number of amides is 1. The number of rotatable bonds is 6. The van der Waals surface area contributed by atoms with E-state index in [2.05, 4.69) is 10.1 Å². The van der Waals surface area contributed by atoms with Crippen molar-refractivity contribution in [1.29, 1.82) is 0 Å². The van der Waals surface area contributed by atoms with E-state index in [0.717, 1.165) is 12.1 Å². The molecule has 3 aromatic rings. The molecule has 0 fully saturated rings. The van der Waals surface area contributed by atoms with E-state index in [4.69, 9.17) is 4.42 Å². The molecule has 0 saturated heterocycles. The Labute approximate surface area is 156 Å². The van der Waals surface area contributed by atoms with Gasteiger partial charge >= 0.3 is 6.36 Å². The van der Waals surface area contributed by atoms with Crippen LogP contribution in [0.2, 0.25) is 0 Å². The lowest BCUT2D eigenvalue weighted by Crippen LogP contribution is -2.41. The minimum atomic E-state index is -4.80. The fourth-order valence-corrected chi connectivity index (χ4v) is 3.31. The summed E-state index contributed by atoms with van der Waals surface area (Å²) in [5.74, 6) is -0.973. The Morgan fingerprint density at radius 2 is 1.93 bits per heavy atom. The molecule has 0 aliphatic heterocycles. The average molecular weight is 397 g/mol. The van der Waals surface area contributed by atoms with Crippen LogP contribution in [0.1, 0.15) is 20.8 Å². The van der Waals surface area contributed by atoms with Crippen LogP contribution in [0.5, 0.6) is 5.75 Å². The molecule has 2 aromatic heterocycles. The van der Waals surface area contributed by atoms with Crippen LogP contribution in [0.3, 0.4) is 0 Å². The second kappa shape index (κ2) is 7.45. The maximum Gasteiger partial charge on any atom is 0.573 e. The van der Waals surface area contributed by atoms with E-state index in [1.807, 2.05) is 0 Å². The molecule has 2 N–H and O–H groups in total. The number of alkyl halides is 3. The molecule has 5 nitrogen and oxygen atoms in total. The number of nitrogens with one attached hydrogen (secondary N) is 1.